The second-order valence-electron chi connectivity index (χ2n) is 4.79. The summed E-state index contributed by atoms with van der Waals surface area (Å²) in [4.78, 5) is 12.0. The largest absolute Gasteiger partial charge is 0.491 e. The number of para-hydroxylation sites is 1. The van der Waals surface area contributed by atoms with E-state index in [-0.39, 0.29) is 5.91 Å². The second kappa shape index (κ2) is 8.05. The molecule has 3 N–H and O–H groups in total. The Hall–Kier alpha value is -2.53. The van der Waals surface area contributed by atoms with Gasteiger partial charge in [-0.1, -0.05) is 18.2 Å². The Morgan fingerprint density at radius 3 is 2.45 bits per heavy atom. The number of carbonyl (C=O) groups excluding carboxylic acids is 1. The number of rotatable bonds is 7. The van der Waals surface area contributed by atoms with Gasteiger partial charge in [0.25, 0.3) is 5.91 Å². The first kappa shape index (κ1) is 15.9. The Labute approximate surface area is 130 Å². The van der Waals surface area contributed by atoms with Crippen LogP contribution >= 0.6 is 0 Å². The summed E-state index contributed by atoms with van der Waals surface area (Å²) >= 11 is 0. The lowest BCUT2D eigenvalue weighted by atomic mass is 10.2. The molecule has 0 aliphatic carbocycles. The molecule has 0 aliphatic heterocycles. The molecule has 1 amide bonds. The summed E-state index contributed by atoms with van der Waals surface area (Å²) in [5.74, 6) is 0.578. The molecule has 2 rings (SSSR count). The normalized spacial score (nSPS) is 11.7. The number of anilines is 2. The van der Waals surface area contributed by atoms with E-state index in [0.29, 0.717) is 24.6 Å². The molecule has 5 nitrogen and oxygen atoms in total. The van der Waals surface area contributed by atoms with Gasteiger partial charge in [-0.3, -0.25) is 4.79 Å². The maximum absolute atomic E-state index is 12.0. The highest BCUT2D eigenvalue weighted by Gasteiger charge is 2.13. The zero-order valence-corrected chi connectivity index (χ0v) is 12.5. The van der Waals surface area contributed by atoms with Crippen molar-refractivity contribution in [3.05, 3.63) is 54.6 Å². The smallest absolute Gasteiger partial charge is 0.253 e. The molecule has 2 aromatic carbocycles. The van der Waals surface area contributed by atoms with Crippen LogP contribution in [-0.2, 0) is 9.53 Å². The van der Waals surface area contributed by atoms with Crippen LogP contribution in [0.5, 0.6) is 5.75 Å². The van der Waals surface area contributed by atoms with Gasteiger partial charge >= 0.3 is 0 Å². The summed E-state index contributed by atoms with van der Waals surface area (Å²) in [5, 5.41) is 2.77. The van der Waals surface area contributed by atoms with Gasteiger partial charge in [0.05, 0.1) is 6.61 Å². The van der Waals surface area contributed by atoms with Gasteiger partial charge in [0.1, 0.15) is 18.5 Å². The number of nitrogen functional groups attached to an aromatic ring is 1. The summed E-state index contributed by atoms with van der Waals surface area (Å²) in [6.07, 6.45) is -0.558. The zero-order chi connectivity index (χ0) is 15.8. The van der Waals surface area contributed by atoms with Crippen LogP contribution in [0, 0.1) is 0 Å². The van der Waals surface area contributed by atoms with Crippen molar-refractivity contribution in [3.63, 3.8) is 0 Å². The monoisotopic (exact) mass is 300 g/mol. The average molecular weight is 300 g/mol. The maximum Gasteiger partial charge on any atom is 0.253 e. The highest BCUT2D eigenvalue weighted by atomic mass is 16.5. The number of nitrogens with one attached hydrogen (secondary N) is 1. The third-order valence-electron chi connectivity index (χ3n) is 3.01. The van der Waals surface area contributed by atoms with E-state index >= 15 is 0 Å². The molecule has 0 aromatic heterocycles. The summed E-state index contributed by atoms with van der Waals surface area (Å²) in [6, 6.07) is 16.4. The number of ether oxygens (including phenoxy) is 2. The fraction of sp³-hybridized carbons (Fsp3) is 0.235. The quantitative estimate of drug-likeness (QED) is 0.609. The van der Waals surface area contributed by atoms with Crippen LogP contribution in [0.4, 0.5) is 11.4 Å². The van der Waals surface area contributed by atoms with Crippen LogP contribution in [0.25, 0.3) is 0 Å². The Kier molecular flexibility index (Phi) is 5.80. The van der Waals surface area contributed by atoms with Gasteiger partial charge in [-0.05, 0) is 43.3 Å². The SMILES string of the molecule is CC(OCCOc1ccccc1)C(=O)Nc1ccc(N)cc1. The molecule has 2 aromatic rings. The molecule has 22 heavy (non-hydrogen) atoms. The van der Waals surface area contributed by atoms with E-state index in [0.717, 1.165) is 5.75 Å². The van der Waals surface area contributed by atoms with Crippen LogP contribution in [-0.4, -0.2) is 25.2 Å². The molecule has 0 saturated heterocycles. The fourth-order valence-corrected chi connectivity index (χ4v) is 1.79. The van der Waals surface area contributed by atoms with Crippen LogP contribution < -0.4 is 15.8 Å². The first-order chi connectivity index (χ1) is 10.6. The van der Waals surface area contributed by atoms with Gasteiger partial charge in [-0.15, -0.1) is 0 Å². The summed E-state index contributed by atoms with van der Waals surface area (Å²) in [6.45, 7) is 2.43. The van der Waals surface area contributed by atoms with E-state index < -0.39 is 6.10 Å². The molecular weight excluding hydrogens is 280 g/mol. The van der Waals surface area contributed by atoms with Crippen LogP contribution in [0.15, 0.2) is 54.6 Å². The van der Waals surface area contributed by atoms with Crippen molar-refractivity contribution >= 4 is 17.3 Å². The van der Waals surface area contributed by atoms with Gasteiger partial charge in [-0.2, -0.15) is 0 Å². The lowest BCUT2D eigenvalue weighted by Crippen LogP contribution is -2.29. The van der Waals surface area contributed by atoms with Crippen molar-refractivity contribution in [1.29, 1.82) is 0 Å². The summed E-state index contributed by atoms with van der Waals surface area (Å²) < 4.78 is 11.0. The Morgan fingerprint density at radius 2 is 1.77 bits per heavy atom. The van der Waals surface area contributed by atoms with Crippen molar-refractivity contribution < 1.29 is 14.3 Å². The van der Waals surface area contributed by atoms with E-state index in [4.69, 9.17) is 15.2 Å². The number of carbonyl (C=O) groups is 1. The molecular formula is C17H20N2O3. The first-order valence-corrected chi connectivity index (χ1v) is 7.11. The number of benzene rings is 2. The number of amides is 1. The fourth-order valence-electron chi connectivity index (χ4n) is 1.79. The molecule has 0 heterocycles. The Bertz CT molecular complexity index is 585. The number of nitrogens with two attached hydrogens (primary N) is 1. The van der Waals surface area contributed by atoms with Crippen molar-refractivity contribution in [1.82, 2.24) is 0 Å². The van der Waals surface area contributed by atoms with Crippen LogP contribution in [0.3, 0.4) is 0 Å². The summed E-state index contributed by atoms with van der Waals surface area (Å²) in [5.41, 5.74) is 6.94. The molecule has 116 valence electrons. The molecule has 0 fully saturated rings. The molecule has 0 bridgehead atoms. The molecule has 1 atom stereocenters. The molecule has 0 radical (unpaired) electrons. The number of hydrogen-bond acceptors (Lipinski definition) is 4. The van der Waals surface area contributed by atoms with Crippen LogP contribution in [0.1, 0.15) is 6.92 Å². The minimum absolute atomic E-state index is 0.204. The van der Waals surface area contributed by atoms with E-state index in [9.17, 15) is 4.79 Å². The topological polar surface area (TPSA) is 73.6 Å². The Morgan fingerprint density at radius 1 is 1.09 bits per heavy atom. The highest BCUT2D eigenvalue weighted by Crippen LogP contribution is 2.11. The average Bonchev–Trinajstić information content (AvgIpc) is 2.54. The number of hydrogen-bond donors (Lipinski definition) is 2. The second-order valence-corrected chi connectivity index (χ2v) is 4.79. The molecule has 1 unspecified atom stereocenters. The van der Waals surface area contributed by atoms with Gasteiger partial charge in [0, 0.05) is 11.4 Å². The van der Waals surface area contributed by atoms with Gasteiger partial charge in [0.2, 0.25) is 0 Å². The third-order valence-corrected chi connectivity index (χ3v) is 3.01. The lowest BCUT2D eigenvalue weighted by molar-refractivity contribution is -0.126. The summed E-state index contributed by atoms with van der Waals surface area (Å²) in [7, 11) is 0. The van der Waals surface area contributed by atoms with E-state index in [1.807, 2.05) is 30.3 Å². The van der Waals surface area contributed by atoms with Crippen molar-refractivity contribution in [3.8, 4) is 5.75 Å². The van der Waals surface area contributed by atoms with E-state index in [2.05, 4.69) is 5.32 Å². The van der Waals surface area contributed by atoms with Crippen LogP contribution in [0.2, 0.25) is 0 Å². The Balaban J connectivity index is 1.69. The zero-order valence-electron chi connectivity index (χ0n) is 12.5. The molecule has 0 spiro atoms. The highest BCUT2D eigenvalue weighted by molar-refractivity contribution is 5.94. The predicted octanol–water partition coefficient (Wildman–Crippen LogP) is 2.69. The van der Waals surface area contributed by atoms with E-state index in [1.165, 1.54) is 0 Å². The molecule has 5 heteroatoms. The lowest BCUT2D eigenvalue weighted by Gasteiger charge is -2.14. The van der Waals surface area contributed by atoms with Gasteiger partial charge in [-0.25, -0.2) is 0 Å². The third kappa shape index (κ3) is 5.10. The molecule has 0 aliphatic rings. The van der Waals surface area contributed by atoms with Crippen molar-refractivity contribution in [2.75, 3.05) is 24.3 Å². The minimum atomic E-state index is -0.558. The minimum Gasteiger partial charge on any atom is -0.491 e. The first-order valence-electron chi connectivity index (χ1n) is 7.11. The predicted molar refractivity (Wildman–Crippen MR) is 86.8 cm³/mol. The maximum atomic E-state index is 12.0. The molecule has 0 saturated carbocycles. The van der Waals surface area contributed by atoms with E-state index in [1.54, 1.807) is 31.2 Å². The van der Waals surface area contributed by atoms with Crippen molar-refractivity contribution in [2.45, 2.75) is 13.0 Å². The van der Waals surface area contributed by atoms with Gasteiger partial charge < -0.3 is 20.5 Å². The standard InChI is InChI=1S/C17H20N2O3/c1-13(17(20)19-15-9-7-14(18)8-10-15)21-11-12-22-16-5-3-2-4-6-16/h2-10,13H,11-12,18H2,1H3,(H,19,20). The van der Waals surface area contributed by atoms with Gasteiger partial charge in [0.15, 0.2) is 0 Å². The van der Waals surface area contributed by atoms with Crippen molar-refractivity contribution in [2.24, 2.45) is 0 Å².